The van der Waals surface area contributed by atoms with Crippen molar-refractivity contribution in [3.05, 3.63) is 18.2 Å². The first kappa shape index (κ1) is 13.1. The minimum atomic E-state index is 0.111. The van der Waals surface area contributed by atoms with Crippen LogP contribution in [0.25, 0.3) is 0 Å². The number of amides is 1. The molecule has 5 heteroatoms. The number of nitrogens with one attached hydrogen (secondary N) is 2. The summed E-state index contributed by atoms with van der Waals surface area (Å²) in [7, 11) is 0. The summed E-state index contributed by atoms with van der Waals surface area (Å²) in [6.45, 7) is 1.26. The van der Waals surface area contributed by atoms with Crippen molar-refractivity contribution in [2.24, 2.45) is 17.6 Å². The molecule has 2 atom stereocenters. The summed E-state index contributed by atoms with van der Waals surface area (Å²) in [5.74, 6) is 1.55. The molecule has 1 heterocycles. The number of aromatic nitrogens is 2. The Morgan fingerprint density at radius 1 is 1.50 bits per heavy atom. The number of imidazole rings is 1. The van der Waals surface area contributed by atoms with Crippen LogP contribution < -0.4 is 11.1 Å². The van der Waals surface area contributed by atoms with Gasteiger partial charge < -0.3 is 16.0 Å². The average Bonchev–Trinajstić information content (AvgIpc) is 2.91. The first-order valence-electron chi connectivity index (χ1n) is 6.77. The molecule has 1 fully saturated rings. The molecule has 0 radical (unpaired) electrons. The number of hydrogen-bond acceptors (Lipinski definition) is 3. The standard InChI is InChI=1S/C13H22N4O/c14-9-10-3-1-2-4-11(10)13(18)17-6-5-12-15-7-8-16-12/h7-8,10-11H,1-6,9,14H2,(H,15,16)(H,17,18). The quantitative estimate of drug-likeness (QED) is 0.724. The van der Waals surface area contributed by atoms with E-state index in [2.05, 4.69) is 15.3 Å². The molecule has 0 aromatic carbocycles. The molecule has 4 N–H and O–H groups in total. The Hall–Kier alpha value is -1.36. The van der Waals surface area contributed by atoms with Crippen LogP contribution in [0, 0.1) is 11.8 Å². The average molecular weight is 250 g/mol. The second kappa shape index (κ2) is 6.54. The van der Waals surface area contributed by atoms with Crippen LogP contribution in [-0.4, -0.2) is 29.0 Å². The lowest BCUT2D eigenvalue weighted by Crippen LogP contribution is -2.40. The van der Waals surface area contributed by atoms with Gasteiger partial charge in [0.05, 0.1) is 0 Å². The lowest BCUT2D eigenvalue weighted by Gasteiger charge is -2.29. The fourth-order valence-electron chi connectivity index (χ4n) is 2.70. The van der Waals surface area contributed by atoms with E-state index in [9.17, 15) is 4.79 Å². The maximum Gasteiger partial charge on any atom is 0.223 e. The number of rotatable bonds is 5. The third-order valence-electron chi connectivity index (χ3n) is 3.76. The third-order valence-corrected chi connectivity index (χ3v) is 3.76. The molecule has 2 rings (SSSR count). The Balaban J connectivity index is 1.76. The molecular weight excluding hydrogens is 228 g/mol. The van der Waals surface area contributed by atoms with Gasteiger partial charge in [0.1, 0.15) is 5.82 Å². The number of carbonyl (C=O) groups is 1. The molecule has 5 nitrogen and oxygen atoms in total. The minimum absolute atomic E-state index is 0.111. The maximum absolute atomic E-state index is 12.1. The van der Waals surface area contributed by atoms with Crippen molar-refractivity contribution >= 4 is 5.91 Å². The number of hydrogen-bond donors (Lipinski definition) is 3. The normalized spacial score (nSPS) is 23.8. The van der Waals surface area contributed by atoms with Crippen molar-refractivity contribution in [3.63, 3.8) is 0 Å². The van der Waals surface area contributed by atoms with Gasteiger partial charge in [0, 0.05) is 31.3 Å². The first-order chi connectivity index (χ1) is 8.81. The molecule has 0 saturated heterocycles. The number of carbonyl (C=O) groups excluding carboxylic acids is 1. The van der Waals surface area contributed by atoms with E-state index in [0.717, 1.165) is 31.5 Å². The molecule has 1 aliphatic rings. The molecule has 0 bridgehead atoms. The van der Waals surface area contributed by atoms with Gasteiger partial charge in [0.15, 0.2) is 0 Å². The lowest BCUT2D eigenvalue weighted by atomic mass is 9.79. The van der Waals surface area contributed by atoms with E-state index in [-0.39, 0.29) is 11.8 Å². The predicted octanol–water partition coefficient (Wildman–Crippen LogP) is 0.834. The van der Waals surface area contributed by atoms with Crippen molar-refractivity contribution < 1.29 is 4.79 Å². The monoisotopic (exact) mass is 250 g/mol. The summed E-state index contributed by atoms with van der Waals surface area (Å²) >= 11 is 0. The van der Waals surface area contributed by atoms with E-state index in [1.54, 1.807) is 12.4 Å². The van der Waals surface area contributed by atoms with Crippen LogP contribution in [0.15, 0.2) is 12.4 Å². The van der Waals surface area contributed by atoms with Crippen molar-refractivity contribution in [1.82, 2.24) is 15.3 Å². The Morgan fingerprint density at radius 3 is 3.06 bits per heavy atom. The summed E-state index contributed by atoms with van der Waals surface area (Å²) < 4.78 is 0. The van der Waals surface area contributed by atoms with Crippen LogP contribution in [0.2, 0.25) is 0 Å². The molecule has 1 amide bonds. The molecule has 0 spiro atoms. The summed E-state index contributed by atoms with van der Waals surface area (Å²) in [6, 6.07) is 0. The zero-order chi connectivity index (χ0) is 12.8. The van der Waals surface area contributed by atoms with Crippen molar-refractivity contribution in [2.75, 3.05) is 13.1 Å². The molecule has 100 valence electrons. The fourth-order valence-corrected chi connectivity index (χ4v) is 2.70. The van der Waals surface area contributed by atoms with Gasteiger partial charge >= 0.3 is 0 Å². The zero-order valence-electron chi connectivity index (χ0n) is 10.7. The van der Waals surface area contributed by atoms with E-state index in [4.69, 9.17) is 5.73 Å². The number of aromatic amines is 1. The van der Waals surface area contributed by atoms with Crippen LogP contribution in [-0.2, 0) is 11.2 Å². The van der Waals surface area contributed by atoms with Gasteiger partial charge in [-0.2, -0.15) is 0 Å². The molecule has 1 aromatic heterocycles. The van der Waals surface area contributed by atoms with Gasteiger partial charge in [-0.25, -0.2) is 4.98 Å². The number of nitrogens with two attached hydrogens (primary N) is 1. The lowest BCUT2D eigenvalue weighted by molar-refractivity contribution is -0.127. The first-order valence-corrected chi connectivity index (χ1v) is 6.77. The number of nitrogens with zero attached hydrogens (tertiary/aromatic N) is 1. The molecular formula is C13H22N4O. The largest absolute Gasteiger partial charge is 0.355 e. The fraction of sp³-hybridized carbons (Fsp3) is 0.692. The van der Waals surface area contributed by atoms with Gasteiger partial charge in [-0.3, -0.25) is 4.79 Å². The van der Waals surface area contributed by atoms with E-state index >= 15 is 0 Å². The van der Waals surface area contributed by atoms with Crippen LogP contribution in [0.1, 0.15) is 31.5 Å². The summed E-state index contributed by atoms with van der Waals surface area (Å²) in [5, 5.41) is 3.00. The van der Waals surface area contributed by atoms with Gasteiger partial charge in [-0.05, 0) is 25.3 Å². The second-order valence-corrected chi connectivity index (χ2v) is 4.96. The zero-order valence-corrected chi connectivity index (χ0v) is 10.7. The molecule has 18 heavy (non-hydrogen) atoms. The van der Waals surface area contributed by atoms with Crippen LogP contribution >= 0.6 is 0 Å². The highest BCUT2D eigenvalue weighted by Gasteiger charge is 2.29. The highest BCUT2D eigenvalue weighted by molar-refractivity contribution is 5.79. The van der Waals surface area contributed by atoms with E-state index in [0.29, 0.717) is 19.0 Å². The van der Waals surface area contributed by atoms with Gasteiger partial charge in [-0.1, -0.05) is 12.8 Å². The predicted molar refractivity (Wildman–Crippen MR) is 69.8 cm³/mol. The van der Waals surface area contributed by atoms with Crippen LogP contribution in [0.4, 0.5) is 0 Å². The van der Waals surface area contributed by atoms with Crippen LogP contribution in [0.3, 0.4) is 0 Å². The minimum Gasteiger partial charge on any atom is -0.355 e. The summed E-state index contributed by atoms with van der Waals surface area (Å²) in [4.78, 5) is 19.3. The van der Waals surface area contributed by atoms with Crippen molar-refractivity contribution in [3.8, 4) is 0 Å². The SMILES string of the molecule is NCC1CCCCC1C(=O)NCCc1ncc[nH]1. The second-order valence-electron chi connectivity index (χ2n) is 4.96. The van der Waals surface area contributed by atoms with E-state index < -0.39 is 0 Å². The Morgan fingerprint density at radius 2 is 2.33 bits per heavy atom. The maximum atomic E-state index is 12.1. The highest BCUT2D eigenvalue weighted by atomic mass is 16.1. The molecule has 1 saturated carbocycles. The summed E-state index contributed by atoms with van der Waals surface area (Å²) in [5.41, 5.74) is 5.74. The Bertz CT molecular complexity index is 363. The van der Waals surface area contributed by atoms with Crippen molar-refractivity contribution in [1.29, 1.82) is 0 Å². The van der Waals surface area contributed by atoms with Gasteiger partial charge in [-0.15, -0.1) is 0 Å². The Labute approximate surface area is 108 Å². The Kier molecular flexibility index (Phi) is 4.75. The van der Waals surface area contributed by atoms with Crippen LogP contribution in [0.5, 0.6) is 0 Å². The summed E-state index contributed by atoms with van der Waals surface area (Å²) in [6.07, 6.45) is 8.69. The number of H-pyrrole nitrogens is 1. The third kappa shape index (κ3) is 3.32. The molecule has 0 aliphatic heterocycles. The van der Waals surface area contributed by atoms with Gasteiger partial charge in [0.25, 0.3) is 0 Å². The van der Waals surface area contributed by atoms with E-state index in [1.807, 2.05) is 0 Å². The molecule has 1 aromatic rings. The molecule has 1 aliphatic carbocycles. The van der Waals surface area contributed by atoms with Crippen molar-refractivity contribution in [2.45, 2.75) is 32.1 Å². The molecule has 2 unspecified atom stereocenters. The highest BCUT2D eigenvalue weighted by Crippen LogP contribution is 2.29. The van der Waals surface area contributed by atoms with E-state index in [1.165, 1.54) is 6.42 Å². The topological polar surface area (TPSA) is 83.8 Å². The smallest absolute Gasteiger partial charge is 0.223 e. The van der Waals surface area contributed by atoms with Gasteiger partial charge in [0.2, 0.25) is 5.91 Å².